The van der Waals surface area contributed by atoms with E-state index in [1.54, 1.807) is 12.1 Å². The van der Waals surface area contributed by atoms with Crippen LogP contribution in [0.2, 0.25) is 5.02 Å². The van der Waals surface area contributed by atoms with E-state index < -0.39 is 11.9 Å². The van der Waals surface area contributed by atoms with Crippen LogP contribution in [0.3, 0.4) is 0 Å². The Balaban J connectivity index is 2.24. The van der Waals surface area contributed by atoms with E-state index >= 15 is 0 Å². The van der Waals surface area contributed by atoms with Gasteiger partial charge < -0.3 is 9.84 Å². The predicted molar refractivity (Wildman–Crippen MR) is 67.6 cm³/mol. The minimum absolute atomic E-state index is 0.0219. The minimum atomic E-state index is -0.815. The van der Waals surface area contributed by atoms with Crippen LogP contribution in [-0.4, -0.2) is 18.3 Å². The third kappa shape index (κ3) is 2.81. The van der Waals surface area contributed by atoms with Gasteiger partial charge in [-0.15, -0.1) is 0 Å². The summed E-state index contributed by atoms with van der Waals surface area (Å²) >= 11 is 8.96. The molecule has 1 heterocycles. The third-order valence-corrected chi connectivity index (χ3v) is 4.35. The Hall–Kier alpha value is -0.160. The second-order valence-corrected chi connectivity index (χ2v) is 5.39. The summed E-state index contributed by atoms with van der Waals surface area (Å²) in [6.07, 6.45) is 0.673. The van der Waals surface area contributed by atoms with Crippen molar-refractivity contribution in [2.75, 3.05) is 13.2 Å². The van der Waals surface area contributed by atoms with Crippen molar-refractivity contribution in [1.82, 2.24) is 0 Å². The highest BCUT2D eigenvalue weighted by Crippen LogP contribution is 2.35. The molecule has 1 aromatic carbocycles. The first-order valence-corrected chi connectivity index (χ1v) is 6.67. The topological polar surface area (TPSA) is 29.5 Å². The maximum absolute atomic E-state index is 13.9. The fourth-order valence-electron chi connectivity index (χ4n) is 2.05. The molecule has 2 rings (SSSR count). The molecule has 94 valence electrons. The van der Waals surface area contributed by atoms with Crippen molar-refractivity contribution in [3.8, 4) is 0 Å². The number of hydrogen-bond donors (Lipinski definition) is 1. The van der Waals surface area contributed by atoms with Gasteiger partial charge in [0.1, 0.15) is 5.82 Å². The fourth-order valence-corrected chi connectivity index (χ4v) is 2.53. The highest BCUT2D eigenvalue weighted by molar-refractivity contribution is 9.10. The monoisotopic (exact) mass is 322 g/mol. The van der Waals surface area contributed by atoms with Crippen LogP contribution in [0.4, 0.5) is 4.39 Å². The summed E-state index contributed by atoms with van der Waals surface area (Å²) in [6.45, 7) is 1.24. The van der Waals surface area contributed by atoms with Gasteiger partial charge in [-0.1, -0.05) is 17.7 Å². The summed E-state index contributed by atoms with van der Waals surface area (Å²) < 4.78 is 19.6. The van der Waals surface area contributed by atoms with Gasteiger partial charge >= 0.3 is 0 Å². The molecule has 0 amide bonds. The molecule has 1 aliphatic rings. The van der Waals surface area contributed by atoms with Crippen LogP contribution in [-0.2, 0) is 4.74 Å². The first kappa shape index (κ1) is 13.3. The number of rotatable bonds is 2. The zero-order valence-corrected chi connectivity index (χ0v) is 11.5. The van der Waals surface area contributed by atoms with E-state index in [-0.39, 0.29) is 16.5 Å². The largest absolute Gasteiger partial charge is 0.388 e. The maximum Gasteiger partial charge on any atom is 0.148 e. The van der Waals surface area contributed by atoms with Gasteiger partial charge in [-0.2, -0.15) is 0 Å². The smallest absolute Gasteiger partial charge is 0.148 e. The molecular weight excluding hydrogens is 310 g/mol. The molecule has 2 nitrogen and oxygen atoms in total. The van der Waals surface area contributed by atoms with Crippen molar-refractivity contribution < 1.29 is 14.2 Å². The lowest BCUT2D eigenvalue weighted by molar-refractivity contribution is 0.00590. The van der Waals surface area contributed by atoms with E-state index in [1.807, 2.05) is 0 Å². The number of ether oxygens (including phenoxy) is 1. The van der Waals surface area contributed by atoms with Crippen molar-refractivity contribution in [1.29, 1.82) is 0 Å². The number of aliphatic hydroxyl groups is 1. The van der Waals surface area contributed by atoms with Gasteiger partial charge in [-0.05, 0) is 40.8 Å². The zero-order chi connectivity index (χ0) is 12.4. The molecule has 0 aliphatic carbocycles. The second kappa shape index (κ2) is 5.65. The normalized spacial score (nSPS) is 19.3. The average molecular weight is 324 g/mol. The highest BCUT2D eigenvalue weighted by Gasteiger charge is 2.26. The minimum Gasteiger partial charge on any atom is -0.388 e. The number of aliphatic hydroxyl groups excluding tert-OH is 1. The van der Waals surface area contributed by atoms with Crippen LogP contribution in [0.15, 0.2) is 16.6 Å². The number of benzene rings is 1. The molecule has 0 saturated carbocycles. The highest BCUT2D eigenvalue weighted by atomic mass is 79.9. The van der Waals surface area contributed by atoms with Crippen LogP contribution in [0.5, 0.6) is 0 Å². The Morgan fingerprint density at radius 3 is 2.71 bits per heavy atom. The summed E-state index contributed by atoms with van der Waals surface area (Å²) in [7, 11) is 0. The van der Waals surface area contributed by atoms with E-state index in [0.29, 0.717) is 17.7 Å². The molecule has 1 aliphatic heterocycles. The summed E-state index contributed by atoms with van der Waals surface area (Å²) in [5, 5.41) is 10.2. The molecule has 1 fully saturated rings. The molecule has 1 aromatic rings. The van der Waals surface area contributed by atoms with Crippen LogP contribution in [0.25, 0.3) is 0 Å². The lowest BCUT2D eigenvalue weighted by Crippen LogP contribution is -2.22. The van der Waals surface area contributed by atoms with E-state index in [9.17, 15) is 9.50 Å². The molecule has 0 radical (unpaired) electrons. The molecule has 5 heteroatoms. The first-order chi connectivity index (χ1) is 8.11. The molecule has 0 bridgehead atoms. The maximum atomic E-state index is 13.9. The molecule has 17 heavy (non-hydrogen) atoms. The van der Waals surface area contributed by atoms with E-state index in [1.165, 1.54) is 0 Å². The van der Waals surface area contributed by atoms with Crippen molar-refractivity contribution in [3.63, 3.8) is 0 Å². The SMILES string of the molecule is OC(c1ccc(Br)c(Cl)c1F)C1CCOCC1. The number of halogens is 3. The summed E-state index contributed by atoms with van der Waals surface area (Å²) in [5.74, 6) is -0.504. The fraction of sp³-hybridized carbons (Fsp3) is 0.500. The average Bonchev–Trinajstić information content (AvgIpc) is 2.36. The Labute approximate surface area is 113 Å². The zero-order valence-electron chi connectivity index (χ0n) is 9.13. The van der Waals surface area contributed by atoms with Crippen molar-refractivity contribution in [2.24, 2.45) is 5.92 Å². The standard InChI is InChI=1S/C12H13BrClFO2/c13-9-2-1-8(11(15)10(9)14)12(16)7-3-5-17-6-4-7/h1-2,7,12,16H,3-6H2. The molecule has 1 saturated heterocycles. The van der Waals surface area contributed by atoms with Gasteiger partial charge in [-0.3, -0.25) is 0 Å². The Morgan fingerprint density at radius 2 is 2.06 bits per heavy atom. The van der Waals surface area contributed by atoms with Crippen molar-refractivity contribution in [3.05, 3.63) is 33.0 Å². The second-order valence-electron chi connectivity index (χ2n) is 4.16. The van der Waals surface area contributed by atoms with Gasteiger partial charge in [0.05, 0.1) is 11.1 Å². The van der Waals surface area contributed by atoms with Crippen LogP contribution in [0.1, 0.15) is 24.5 Å². The van der Waals surface area contributed by atoms with Crippen LogP contribution in [0, 0.1) is 11.7 Å². The molecule has 1 atom stereocenters. The summed E-state index contributed by atoms with van der Waals surface area (Å²) in [5.41, 5.74) is 0.269. The summed E-state index contributed by atoms with van der Waals surface area (Å²) in [6, 6.07) is 3.23. The lowest BCUT2D eigenvalue weighted by atomic mass is 9.89. The Morgan fingerprint density at radius 1 is 1.41 bits per heavy atom. The van der Waals surface area contributed by atoms with E-state index in [4.69, 9.17) is 16.3 Å². The van der Waals surface area contributed by atoms with Crippen molar-refractivity contribution >= 4 is 27.5 Å². The van der Waals surface area contributed by atoms with Gasteiger partial charge in [0, 0.05) is 23.2 Å². The van der Waals surface area contributed by atoms with Gasteiger partial charge in [0.2, 0.25) is 0 Å². The molecule has 0 spiro atoms. The van der Waals surface area contributed by atoms with Gasteiger partial charge in [-0.25, -0.2) is 4.39 Å². The van der Waals surface area contributed by atoms with Gasteiger partial charge in [0.25, 0.3) is 0 Å². The molecule has 1 N–H and O–H groups in total. The molecular formula is C12H13BrClFO2. The Kier molecular flexibility index (Phi) is 4.42. The quantitative estimate of drug-likeness (QED) is 0.841. The Bertz CT molecular complexity index is 408. The van der Waals surface area contributed by atoms with E-state index in [2.05, 4.69) is 15.9 Å². The molecule has 1 unspecified atom stereocenters. The van der Waals surface area contributed by atoms with Crippen LogP contribution < -0.4 is 0 Å². The number of hydrogen-bond acceptors (Lipinski definition) is 2. The van der Waals surface area contributed by atoms with Crippen LogP contribution >= 0.6 is 27.5 Å². The third-order valence-electron chi connectivity index (χ3n) is 3.10. The van der Waals surface area contributed by atoms with E-state index in [0.717, 1.165) is 12.8 Å². The van der Waals surface area contributed by atoms with Gasteiger partial charge in [0.15, 0.2) is 0 Å². The first-order valence-electron chi connectivity index (χ1n) is 5.50. The lowest BCUT2D eigenvalue weighted by Gasteiger charge is -2.27. The molecule has 0 aromatic heterocycles. The van der Waals surface area contributed by atoms with Crippen molar-refractivity contribution in [2.45, 2.75) is 18.9 Å². The predicted octanol–water partition coefficient (Wildman–Crippen LogP) is 3.70. The summed E-state index contributed by atoms with van der Waals surface area (Å²) in [4.78, 5) is 0.